The van der Waals surface area contributed by atoms with Gasteiger partial charge in [-0.1, -0.05) is 12.1 Å². The average Bonchev–Trinajstić information content (AvgIpc) is 2.98. The highest BCUT2D eigenvalue weighted by molar-refractivity contribution is 7.87. The molecule has 2 aromatic carbocycles. The summed E-state index contributed by atoms with van der Waals surface area (Å²) in [5.74, 6) is 0.696. The molecule has 0 bridgehead atoms. The Labute approximate surface area is 177 Å². The molecule has 0 radical (unpaired) electrons. The van der Waals surface area contributed by atoms with E-state index in [2.05, 4.69) is 4.98 Å². The van der Waals surface area contributed by atoms with Gasteiger partial charge in [0.1, 0.15) is 11.5 Å². The van der Waals surface area contributed by atoms with Crippen molar-refractivity contribution in [3.8, 4) is 28.9 Å². The molecule has 0 saturated heterocycles. The number of ether oxygens (including phenoxy) is 3. The standard InChI is InChI=1S/C20H16N2O8S/c23-22(24)16-12-17-18(28-10-4-9-27-17)13-19(16)31(25,26)30-15-6-3-5-14(11-15)29-20-7-1-2-8-21-20/h1-3,5-8,11-13H,4,9-10H2. The number of benzene rings is 2. The van der Waals surface area contributed by atoms with Crippen molar-refractivity contribution in [2.24, 2.45) is 0 Å². The molecule has 1 aliphatic rings. The normalized spacial score (nSPS) is 13.2. The highest BCUT2D eigenvalue weighted by atomic mass is 32.2. The molecule has 0 unspecified atom stereocenters. The van der Waals surface area contributed by atoms with Crippen LogP contribution >= 0.6 is 0 Å². The predicted molar refractivity (Wildman–Crippen MR) is 107 cm³/mol. The second-order valence-electron chi connectivity index (χ2n) is 6.36. The minimum atomic E-state index is -4.57. The van der Waals surface area contributed by atoms with Crippen LogP contribution in [0.2, 0.25) is 0 Å². The molecule has 1 aromatic heterocycles. The fourth-order valence-electron chi connectivity index (χ4n) is 2.81. The molecule has 10 nitrogen and oxygen atoms in total. The monoisotopic (exact) mass is 444 g/mol. The fraction of sp³-hybridized carbons (Fsp3) is 0.150. The van der Waals surface area contributed by atoms with Crippen molar-refractivity contribution in [1.82, 2.24) is 4.98 Å². The summed E-state index contributed by atoms with van der Waals surface area (Å²) in [6, 6.07) is 13.0. The van der Waals surface area contributed by atoms with Gasteiger partial charge in [0.05, 0.1) is 24.2 Å². The van der Waals surface area contributed by atoms with E-state index in [1.54, 1.807) is 30.5 Å². The van der Waals surface area contributed by atoms with Gasteiger partial charge < -0.3 is 18.4 Å². The second-order valence-corrected chi connectivity index (χ2v) is 7.87. The zero-order valence-electron chi connectivity index (χ0n) is 16.0. The third-order valence-corrected chi connectivity index (χ3v) is 5.44. The van der Waals surface area contributed by atoms with Gasteiger partial charge in [-0.3, -0.25) is 10.1 Å². The molecule has 0 spiro atoms. The Bertz CT molecular complexity index is 1220. The first-order chi connectivity index (χ1) is 14.9. The Morgan fingerprint density at radius 1 is 0.968 bits per heavy atom. The van der Waals surface area contributed by atoms with Crippen LogP contribution in [-0.2, 0) is 10.1 Å². The predicted octanol–water partition coefficient (Wildman–Crippen LogP) is 3.71. The smallest absolute Gasteiger partial charge is 0.346 e. The number of nitro benzene ring substituents is 1. The molecule has 31 heavy (non-hydrogen) atoms. The third-order valence-electron chi connectivity index (χ3n) is 4.17. The van der Waals surface area contributed by atoms with Crippen LogP contribution in [-0.4, -0.2) is 31.5 Å². The number of aromatic nitrogens is 1. The van der Waals surface area contributed by atoms with E-state index in [4.69, 9.17) is 18.4 Å². The summed E-state index contributed by atoms with van der Waals surface area (Å²) in [5.41, 5.74) is -0.676. The van der Waals surface area contributed by atoms with E-state index < -0.39 is 25.6 Å². The molecule has 160 valence electrons. The molecule has 0 N–H and O–H groups in total. The van der Waals surface area contributed by atoms with Crippen molar-refractivity contribution >= 4 is 15.8 Å². The summed E-state index contributed by atoms with van der Waals surface area (Å²) < 4.78 is 47.4. The minimum absolute atomic E-state index is 0.0881. The van der Waals surface area contributed by atoms with E-state index in [0.29, 0.717) is 18.9 Å². The molecule has 0 amide bonds. The van der Waals surface area contributed by atoms with Gasteiger partial charge in [-0.2, -0.15) is 8.42 Å². The van der Waals surface area contributed by atoms with Crippen LogP contribution in [0.1, 0.15) is 6.42 Å². The molecular weight excluding hydrogens is 428 g/mol. The molecule has 11 heteroatoms. The zero-order chi connectivity index (χ0) is 21.8. The first kappa shape index (κ1) is 20.4. The number of nitro groups is 1. The molecule has 1 aliphatic heterocycles. The van der Waals surface area contributed by atoms with Gasteiger partial charge in [-0.15, -0.1) is 0 Å². The fourth-order valence-corrected chi connectivity index (χ4v) is 3.90. The maximum absolute atomic E-state index is 12.9. The molecule has 0 fully saturated rings. The summed E-state index contributed by atoms with van der Waals surface area (Å²) in [4.78, 5) is 14.1. The average molecular weight is 444 g/mol. The van der Waals surface area contributed by atoms with Gasteiger partial charge in [-0.05, 0) is 18.2 Å². The van der Waals surface area contributed by atoms with Crippen molar-refractivity contribution in [3.05, 3.63) is 70.9 Å². The lowest BCUT2D eigenvalue weighted by molar-refractivity contribution is -0.388. The lowest BCUT2D eigenvalue weighted by Gasteiger charge is -2.12. The SMILES string of the molecule is O=[N+]([O-])c1cc2c(cc1S(=O)(=O)Oc1cccc(Oc3ccccn3)c1)OCCCO2. The Morgan fingerprint density at radius 2 is 1.71 bits per heavy atom. The molecular formula is C20H16N2O8S. The molecule has 0 saturated carbocycles. The number of rotatable bonds is 6. The Morgan fingerprint density at radius 3 is 2.42 bits per heavy atom. The van der Waals surface area contributed by atoms with Crippen LogP contribution < -0.4 is 18.4 Å². The van der Waals surface area contributed by atoms with Gasteiger partial charge in [0.15, 0.2) is 16.4 Å². The molecule has 0 atom stereocenters. The minimum Gasteiger partial charge on any atom is -0.490 e. The molecule has 0 aliphatic carbocycles. The first-order valence-electron chi connectivity index (χ1n) is 9.14. The van der Waals surface area contributed by atoms with Gasteiger partial charge in [0, 0.05) is 30.8 Å². The van der Waals surface area contributed by atoms with Crippen LogP contribution in [0.25, 0.3) is 0 Å². The van der Waals surface area contributed by atoms with Gasteiger partial charge in [0.25, 0.3) is 5.69 Å². The highest BCUT2D eigenvalue weighted by Gasteiger charge is 2.31. The second kappa shape index (κ2) is 8.48. The number of hydrogen-bond acceptors (Lipinski definition) is 9. The maximum Gasteiger partial charge on any atom is 0.346 e. The van der Waals surface area contributed by atoms with E-state index in [9.17, 15) is 18.5 Å². The lowest BCUT2D eigenvalue weighted by Crippen LogP contribution is -2.12. The van der Waals surface area contributed by atoms with Crippen LogP contribution in [0.4, 0.5) is 5.69 Å². The summed E-state index contributed by atoms with van der Waals surface area (Å²) in [6.07, 6.45) is 2.10. The van der Waals surface area contributed by atoms with E-state index in [1.165, 1.54) is 18.2 Å². The zero-order valence-corrected chi connectivity index (χ0v) is 16.8. The number of nitrogens with zero attached hydrogens (tertiary/aromatic N) is 2. The molecule has 3 aromatic rings. The third kappa shape index (κ3) is 4.67. The quantitative estimate of drug-likeness (QED) is 0.317. The lowest BCUT2D eigenvalue weighted by atomic mass is 10.3. The number of fused-ring (bicyclic) bond motifs is 1. The first-order valence-corrected chi connectivity index (χ1v) is 10.5. The summed E-state index contributed by atoms with van der Waals surface area (Å²) >= 11 is 0. The van der Waals surface area contributed by atoms with E-state index in [-0.39, 0.29) is 29.6 Å². The summed E-state index contributed by atoms with van der Waals surface area (Å²) in [5, 5.41) is 11.5. The summed E-state index contributed by atoms with van der Waals surface area (Å²) in [7, 11) is -4.57. The number of pyridine rings is 1. The summed E-state index contributed by atoms with van der Waals surface area (Å²) in [6.45, 7) is 0.591. The topological polar surface area (TPSA) is 127 Å². The molecule has 4 rings (SSSR count). The van der Waals surface area contributed by atoms with Gasteiger partial charge >= 0.3 is 10.1 Å². The van der Waals surface area contributed by atoms with Gasteiger partial charge in [0.2, 0.25) is 5.88 Å². The van der Waals surface area contributed by atoms with Gasteiger partial charge in [-0.25, -0.2) is 4.98 Å². The van der Waals surface area contributed by atoms with E-state index >= 15 is 0 Å². The Balaban J connectivity index is 1.65. The highest BCUT2D eigenvalue weighted by Crippen LogP contribution is 2.39. The number of hydrogen-bond donors (Lipinski definition) is 0. The van der Waals surface area contributed by atoms with Crippen molar-refractivity contribution < 1.29 is 31.7 Å². The van der Waals surface area contributed by atoms with Crippen molar-refractivity contribution in [1.29, 1.82) is 0 Å². The Hall–Kier alpha value is -3.86. The van der Waals surface area contributed by atoms with Crippen LogP contribution in [0.5, 0.6) is 28.9 Å². The van der Waals surface area contributed by atoms with Crippen molar-refractivity contribution in [3.63, 3.8) is 0 Å². The van der Waals surface area contributed by atoms with Crippen molar-refractivity contribution in [2.75, 3.05) is 13.2 Å². The van der Waals surface area contributed by atoms with Crippen LogP contribution in [0.3, 0.4) is 0 Å². The van der Waals surface area contributed by atoms with E-state index in [0.717, 1.165) is 12.1 Å². The molecule has 2 heterocycles. The Kier molecular flexibility index (Phi) is 5.58. The van der Waals surface area contributed by atoms with Crippen LogP contribution in [0, 0.1) is 10.1 Å². The largest absolute Gasteiger partial charge is 0.490 e. The maximum atomic E-state index is 12.9. The van der Waals surface area contributed by atoms with Crippen LogP contribution in [0.15, 0.2) is 65.7 Å². The van der Waals surface area contributed by atoms with Crippen molar-refractivity contribution in [2.45, 2.75) is 11.3 Å². The van der Waals surface area contributed by atoms with E-state index in [1.807, 2.05) is 0 Å².